The van der Waals surface area contributed by atoms with Gasteiger partial charge in [0, 0.05) is 0 Å². The maximum atomic E-state index is 13.5. The number of rotatable bonds is 5. The Bertz CT molecular complexity index is 842. The van der Waals surface area contributed by atoms with Crippen LogP contribution in [0.15, 0.2) is 42.3 Å². The minimum atomic E-state index is -0.841. The van der Waals surface area contributed by atoms with Crippen molar-refractivity contribution in [2.75, 3.05) is 0 Å². The van der Waals surface area contributed by atoms with Gasteiger partial charge in [-0.05, 0) is 87.0 Å². The third-order valence-electron chi connectivity index (χ3n) is 6.21. The van der Waals surface area contributed by atoms with Crippen LogP contribution in [0, 0.1) is 34.8 Å². The van der Waals surface area contributed by atoms with Gasteiger partial charge in [-0.25, -0.2) is 8.78 Å². The topological polar surface area (TPSA) is 50.1 Å². The highest BCUT2D eigenvalue weighted by Gasteiger charge is 2.31. The molecule has 2 aliphatic carbocycles. The molecule has 0 aliphatic heterocycles. The van der Waals surface area contributed by atoms with Gasteiger partial charge in [0.15, 0.2) is 17.5 Å². The lowest BCUT2D eigenvalue weighted by Crippen LogP contribution is -2.29. The Morgan fingerprint density at radius 3 is 2.37 bits per heavy atom. The van der Waals surface area contributed by atoms with Gasteiger partial charge in [-0.2, -0.15) is 9.65 Å². The van der Waals surface area contributed by atoms with Crippen LogP contribution < -0.4 is 0 Å². The second-order valence-electron chi connectivity index (χ2n) is 8.21. The van der Waals surface area contributed by atoms with E-state index in [4.69, 9.17) is 10.00 Å². The van der Waals surface area contributed by atoms with E-state index in [-0.39, 0.29) is 23.9 Å². The molecule has 2 fully saturated rings. The highest BCUT2D eigenvalue weighted by atomic mass is 19.2. The third kappa shape index (κ3) is 5.98. The first kappa shape index (κ1) is 22.1. The zero-order chi connectivity index (χ0) is 21.5. The van der Waals surface area contributed by atoms with E-state index in [1.54, 1.807) is 12.1 Å². The van der Waals surface area contributed by atoms with Crippen molar-refractivity contribution in [2.45, 2.75) is 63.4 Å². The molecule has 0 aromatic heterocycles. The van der Waals surface area contributed by atoms with Crippen LogP contribution in [0.3, 0.4) is 0 Å². The van der Waals surface area contributed by atoms with E-state index < -0.39 is 17.5 Å². The average molecular weight is 417 g/mol. The zero-order valence-corrected chi connectivity index (χ0v) is 16.8. The van der Waals surface area contributed by atoms with Gasteiger partial charge in [0.05, 0.1) is 5.92 Å². The van der Waals surface area contributed by atoms with Crippen LogP contribution in [-0.4, -0.2) is 12.1 Å². The second-order valence-corrected chi connectivity index (χ2v) is 8.21. The van der Waals surface area contributed by atoms with Crippen molar-refractivity contribution >= 4 is 5.97 Å². The molecule has 3 nitrogen and oxygen atoms in total. The normalized spacial score (nSPS) is 27.6. The van der Waals surface area contributed by atoms with E-state index in [9.17, 15) is 18.0 Å². The smallest absolute Gasteiger partial charge is 0.309 e. The number of halogens is 3. The van der Waals surface area contributed by atoms with Gasteiger partial charge in [0.2, 0.25) is 0 Å². The number of nitrogens with zero attached hydrogens (tertiary/aromatic N) is 1. The van der Waals surface area contributed by atoms with Gasteiger partial charge in [0.25, 0.3) is 0 Å². The van der Waals surface area contributed by atoms with Gasteiger partial charge in [-0.15, -0.1) is 0 Å². The Balaban J connectivity index is 1.41. The summed E-state index contributed by atoms with van der Waals surface area (Å²) < 4.78 is 45.1. The Morgan fingerprint density at radius 1 is 1.03 bits per heavy atom. The number of carbonyl (C=O) groups is 1. The van der Waals surface area contributed by atoms with Gasteiger partial charge in [0.1, 0.15) is 12.2 Å². The number of ether oxygens (including phenoxy) is 1. The Hall–Kier alpha value is -2.55. The molecule has 1 aromatic carbocycles. The van der Waals surface area contributed by atoms with Crippen LogP contribution in [0.2, 0.25) is 0 Å². The maximum Gasteiger partial charge on any atom is 0.309 e. The van der Waals surface area contributed by atoms with Crippen LogP contribution in [0.5, 0.6) is 0 Å². The fourth-order valence-electron chi connectivity index (χ4n) is 4.42. The number of esters is 1. The number of allylic oxidation sites excluding steroid dienone is 4. The molecule has 0 radical (unpaired) electrons. The highest BCUT2D eigenvalue weighted by Crippen LogP contribution is 2.37. The third-order valence-corrected chi connectivity index (χ3v) is 6.21. The number of carbonyl (C=O) groups excluding carboxylic acids is 1. The van der Waals surface area contributed by atoms with Gasteiger partial charge in [-0.1, -0.05) is 18.2 Å². The fourth-order valence-corrected chi connectivity index (χ4v) is 4.42. The fraction of sp³-hybridized carbons (Fsp3) is 0.500. The second kappa shape index (κ2) is 10.5. The van der Waals surface area contributed by atoms with E-state index in [2.05, 4.69) is 0 Å². The quantitative estimate of drug-likeness (QED) is 0.322. The van der Waals surface area contributed by atoms with Crippen molar-refractivity contribution < 1.29 is 22.7 Å². The first-order chi connectivity index (χ1) is 14.5. The van der Waals surface area contributed by atoms with Gasteiger partial charge in [-0.3, -0.25) is 4.79 Å². The lowest BCUT2D eigenvalue weighted by molar-refractivity contribution is -0.157. The lowest BCUT2D eigenvalue weighted by atomic mass is 9.78. The van der Waals surface area contributed by atoms with E-state index in [1.807, 2.05) is 6.08 Å². The molecule has 2 saturated carbocycles. The van der Waals surface area contributed by atoms with E-state index in [0.29, 0.717) is 18.8 Å². The van der Waals surface area contributed by atoms with Crippen molar-refractivity contribution in [1.82, 2.24) is 0 Å². The molecule has 0 heterocycles. The summed E-state index contributed by atoms with van der Waals surface area (Å²) in [6.45, 7) is 0. The summed E-state index contributed by atoms with van der Waals surface area (Å²) in [6, 6.07) is 5.48. The van der Waals surface area contributed by atoms with Crippen LogP contribution >= 0.6 is 0 Å². The average Bonchev–Trinajstić information content (AvgIpc) is 2.76. The van der Waals surface area contributed by atoms with Crippen LogP contribution in [0.4, 0.5) is 13.2 Å². The molecule has 0 saturated heterocycles. The van der Waals surface area contributed by atoms with Crippen molar-refractivity contribution in [1.29, 1.82) is 5.26 Å². The number of benzene rings is 1. The molecule has 1 aromatic rings. The first-order valence-corrected chi connectivity index (χ1v) is 10.6. The van der Waals surface area contributed by atoms with E-state index in [1.165, 1.54) is 12.1 Å². The Labute approximate surface area is 175 Å². The van der Waals surface area contributed by atoms with Gasteiger partial charge >= 0.3 is 5.97 Å². The summed E-state index contributed by atoms with van der Waals surface area (Å²) in [5, 5.41) is 8.39. The number of hydrogen-bond donors (Lipinski definition) is 0. The number of nitriles is 1. The molecule has 0 N–H and O–H groups in total. The molecular weight excluding hydrogens is 391 g/mol. The summed E-state index contributed by atoms with van der Waals surface area (Å²) in [4.78, 5) is 12.5. The molecule has 2 aliphatic rings. The predicted molar refractivity (Wildman–Crippen MR) is 107 cm³/mol. The summed E-state index contributed by atoms with van der Waals surface area (Å²) >= 11 is 0. The van der Waals surface area contributed by atoms with Crippen molar-refractivity contribution in [3.63, 3.8) is 0 Å². The summed E-state index contributed by atoms with van der Waals surface area (Å²) in [6.07, 6.45) is 10.7. The molecule has 0 amide bonds. The van der Waals surface area contributed by atoms with Gasteiger partial charge < -0.3 is 4.74 Å². The summed E-state index contributed by atoms with van der Waals surface area (Å²) in [7, 11) is 0. The van der Waals surface area contributed by atoms with Crippen LogP contribution in [0.1, 0.15) is 62.8 Å². The molecule has 0 bridgehead atoms. The monoisotopic (exact) mass is 417 g/mol. The summed E-state index contributed by atoms with van der Waals surface area (Å²) in [5.74, 6) is -2.33. The van der Waals surface area contributed by atoms with Crippen LogP contribution in [-0.2, 0) is 9.53 Å². The standard InChI is InChI=1S/C24H26F3NO2/c25-20(15-28)3-1-2-16-4-11-21(12-5-16)30-24(29)18-8-6-17(7-9-18)19-10-13-22(26)23(27)14-19/h1-3,10,13-14,16-18,21H,4-9,11-12H2/t16-,17-,18-,21-. The molecule has 30 heavy (non-hydrogen) atoms. The largest absolute Gasteiger partial charge is 0.462 e. The zero-order valence-electron chi connectivity index (χ0n) is 16.8. The Morgan fingerprint density at radius 2 is 1.73 bits per heavy atom. The van der Waals surface area contributed by atoms with Crippen LogP contribution in [0.25, 0.3) is 0 Å². The van der Waals surface area contributed by atoms with Crippen molar-refractivity contribution in [3.05, 3.63) is 59.5 Å². The molecule has 0 unspecified atom stereocenters. The molecule has 0 atom stereocenters. The lowest BCUT2D eigenvalue weighted by Gasteiger charge is -2.31. The predicted octanol–water partition coefficient (Wildman–Crippen LogP) is 6.27. The molecule has 160 valence electrons. The van der Waals surface area contributed by atoms with E-state index >= 15 is 0 Å². The molecule has 0 spiro atoms. The molecule has 6 heteroatoms. The first-order valence-electron chi connectivity index (χ1n) is 10.6. The minimum absolute atomic E-state index is 0.0857. The van der Waals surface area contributed by atoms with Crippen molar-refractivity contribution in [3.8, 4) is 6.07 Å². The van der Waals surface area contributed by atoms with E-state index in [0.717, 1.165) is 56.2 Å². The number of hydrogen-bond acceptors (Lipinski definition) is 3. The SMILES string of the molecule is N#CC(F)=CC=C[C@H]1CC[C@H](OC(=O)[C@H]2CC[C@H](c3ccc(F)c(F)c3)CC2)CC1. The Kier molecular flexibility index (Phi) is 7.73. The van der Waals surface area contributed by atoms with Crippen molar-refractivity contribution in [2.24, 2.45) is 11.8 Å². The highest BCUT2D eigenvalue weighted by molar-refractivity contribution is 5.72. The molecule has 3 rings (SSSR count). The summed E-state index contributed by atoms with van der Waals surface area (Å²) in [5.41, 5.74) is 0.789. The molecular formula is C24H26F3NO2. The minimum Gasteiger partial charge on any atom is -0.462 e. The maximum absolute atomic E-state index is 13.5.